The highest BCUT2D eigenvalue weighted by atomic mass is 16.5. The van der Waals surface area contributed by atoms with Crippen LogP contribution in [0.3, 0.4) is 0 Å². The third-order valence-electron chi connectivity index (χ3n) is 3.68. The van der Waals surface area contributed by atoms with Crippen LogP contribution in [0.4, 0.5) is 5.69 Å². The van der Waals surface area contributed by atoms with E-state index in [1.54, 1.807) is 19.2 Å². The molecule has 0 aliphatic heterocycles. The van der Waals surface area contributed by atoms with Crippen LogP contribution in [0.2, 0.25) is 0 Å². The number of methoxy groups -OCH3 is 2. The minimum Gasteiger partial charge on any atom is -0.497 e. The second-order valence-electron chi connectivity index (χ2n) is 5.05. The van der Waals surface area contributed by atoms with Gasteiger partial charge in [-0.15, -0.1) is 0 Å². The van der Waals surface area contributed by atoms with Crippen LogP contribution in [0.5, 0.6) is 11.5 Å². The van der Waals surface area contributed by atoms with Gasteiger partial charge in [-0.3, -0.25) is 4.79 Å². The number of benzene rings is 1. The largest absolute Gasteiger partial charge is 0.497 e. The number of carbonyl (C=O) groups is 1. The van der Waals surface area contributed by atoms with Gasteiger partial charge in [-0.25, -0.2) is 0 Å². The Hall–Kier alpha value is -2.17. The van der Waals surface area contributed by atoms with E-state index in [4.69, 9.17) is 15.2 Å². The summed E-state index contributed by atoms with van der Waals surface area (Å²) in [6.45, 7) is 0.615. The maximum absolute atomic E-state index is 12.3. The number of anilines is 1. The molecule has 114 valence electrons. The zero-order valence-electron chi connectivity index (χ0n) is 12.6. The van der Waals surface area contributed by atoms with E-state index >= 15 is 0 Å². The standard InChI is InChI=1S/C16H22N2O3/c1-20-12-9-13(15(17)14(10-12)21-2)16(19)18-8-7-11-5-3-4-6-11/h5,9-10H,3-4,6-8,17H2,1-2H3,(H,18,19). The van der Waals surface area contributed by atoms with E-state index in [0.717, 1.165) is 19.3 Å². The average Bonchev–Trinajstić information content (AvgIpc) is 3.00. The van der Waals surface area contributed by atoms with Crippen molar-refractivity contribution in [3.05, 3.63) is 29.3 Å². The molecule has 1 aromatic carbocycles. The first-order valence-corrected chi connectivity index (χ1v) is 7.13. The van der Waals surface area contributed by atoms with Gasteiger partial charge in [-0.2, -0.15) is 0 Å². The maximum Gasteiger partial charge on any atom is 0.253 e. The molecule has 1 aliphatic rings. The molecule has 1 aromatic rings. The predicted molar refractivity (Wildman–Crippen MR) is 82.8 cm³/mol. The molecule has 0 saturated carbocycles. The first-order valence-electron chi connectivity index (χ1n) is 7.13. The molecule has 1 amide bonds. The number of carbonyl (C=O) groups excluding carboxylic acids is 1. The highest BCUT2D eigenvalue weighted by Crippen LogP contribution is 2.31. The molecule has 0 atom stereocenters. The van der Waals surface area contributed by atoms with Crippen molar-refractivity contribution in [2.24, 2.45) is 0 Å². The highest BCUT2D eigenvalue weighted by Gasteiger charge is 2.16. The van der Waals surface area contributed by atoms with Crippen LogP contribution in [-0.2, 0) is 0 Å². The van der Waals surface area contributed by atoms with Crippen molar-refractivity contribution in [2.45, 2.75) is 25.7 Å². The van der Waals surface area contributed by atoms with Gasteiger partial charge in [0.15, 0.2) is 0 Å². The molecule has 0 radical (unpaired) electrons. The van der Waals surface area contributed by atoms with Gasteiger partial charge in [-0.05, 0) is 31.7 Å². The number of hydrogen-bond donors (Lipinski definition) is 2. The molecule has 0 aromatic heterocycles. The number of hydrogen-bond acceptors (Lipinski definition) is 4. The van der Waals surface area contributed by atoms with Crippen LogP contribution in [0.1, 0.15) is 36.0 Å². The van der Waals surface area contributed by atoms with E-state index < -0.39 is 0 Å². The summed E-state index contributed by atoms with van der Waals surface area (Å²) < 4.78 is 10.3. The fraction of sp³-hybridized carbons (Fsp3) is 0.438. The van der Waals surface area contributed by atoms with Crippen molar-refractivity contribution in [3.63, 3.8) is 0 Å². The Morgan fingerprint density at radius 1 is 1.33 bits per heavy atom. The molecule has 0 unspecified atom stereocenters. The molecule has 0 saturated heterocycles. The van der Waals surface area contributed by atoms with E-state index in [1.165, 1.54) is 19.1 Å². The van der Waals surface area contributed by atoms with Crippen molar-refractivity contribution < 1.29 is 14.3 Å². The van der Waals surface area contributed by atoms with Gasteiger partial charge >= 0.3 is 0 Å². The molecule has 0 heterocycles. The molecular weight excluding hydrogens is 268 g/mol. The molecule has 0 bridgehead atoms. The topological polar surface area (TPSA) is 73.6 Å². The normalized spacial score (nSPS) is 13.7. The van der Waals surface area contributed by atoms with E-state index in [-0.39, 0.29) is 5.91 Å². The molecule has 5 heteroatoms. The molecule has 0 spiro atoms. The first kappa shape index (κ1) is 15.2. The van der Waals surface area contributed by atoms with Gasteiger partial charge in [-0.1, -0.05) is 11.6 Å². The fourth-order valence-corrected chi connectivity index (χ4v) is 2.47. The number of ether oxygens (including phenoxy) is 2. The second kappa shape index (κ2) is 7.02. The van der Waals surface area contributed by atoms with Gasteiger partial charge in [0, 0.05) is 12.6 Å². The van der Waals surface area contributed by atoms with Crippen molar-refractivity contribution in [2.75, 3.05) is 26.5 Å². The van der Waals surface area contributed by atoms with Gasteiger partial charge < -0.3 is 20.5 Å². The molecule has 3 N–H and O–H groups in total. The molecule has 2 rings (SSSR count). The van der Waals surface area contributed by atoms with Gasteiger partial charge in [0.25, 0.3) is 5.91 Å². The Balaban J connectivity index is 2.03. The van der Waals surface area contributed by atoms with Crippen LogP contribution < -0.4 is 20.5 Å². The smallest absolute Gasteiger partial charge is 0.253 e. The summed E-state index contributed by atoms with van der Waals surface area (Å²) in [6, 6.07) is 3.29. The van der Waals surface area contributed by atoms with Crippen LogP contribution in [-0.4, -0.2) is 26.7 Å². The minimum atomic E-state index is -0.205. The summed E-state index contributed by atoms with van der Waals surface area (Å²) in [4.78, 5) is 12.3. The zero-order valence-corrected chi connectivity index (χ0v) is 12.6. The Morgan fingerprint density at radius 3 is 2.76 bits per heavy atom. The lowest BCUT2D eigenvalue weighted by molar-refractivity contribution is 0.0954. The van der Waals surface area contributed by atoms with Gasteiger partial charge in [0.05, 0.1) is 25.5 Å². The number of amides is 1. The minimum absolute atomic E-state index is 0.205. The van der Waals surface area contributed by atoms with Crippen LogP contribution in [0.15, 0.2) is 23.8 Å². The second-order valence-corrected chi connectivity index (χ2v) is 5.05. The summed E-state index contributed by atoms with van der Waals surface area (Å²) in [5.41, 5.74) is 8.09. The summed E-state index contributed by atoms with van der Waals surface area (Å²) in [6.07, 6.45) is 6.68. The van der Waals surface area contributed by atoms with Gasteiger partial charge in [0.2, 0.25) is 0 Å². The number of nitrogen functional groups attached to an aromatic ring is 1. The van der Waals surface area contributed by atoms with Crippen molar-refractivity contribution in [3.8, 4) is 11.5 Å². The van der Waals surface area contributed by atoms with Crippen LogP contribution in [0.25, 0.3) is 0 Å². The molecule has 21 heavy (non-hydrogen) atoms. The summed E-state index contributed by atoms with van der Waals surface area (Å²) in [7, 11) is 3.05. The van der Waals surface area contributed by atoms with Crippen molar-refractivity contribution >= 4 is 11.6 Å². The molecule has 0 fully saturated rings. The summed E-state index contributed by atoms with van der Waals surface area (Å²) in [5, 5.41) is 2.90. The van der Waals surface area contributed by atoms with Crippen LogP contribution >= 0.6 is 0 Å². The third-order valence-corrected chi connectivity index (χ3v) is 3.68. The number of rotatable bonds is 6. The van der Waals surface area contributed by atoms with E-state index in [0.29, 0.717) is 29.3 Å². The van der Waals surface area contributed by atoms with Gasteiger partial charge in [0.1, 0.15) is 11.5 Å². The molecule has 1 aliphatic carbocycles. The Morgan fingerprint density at radius 2 is 2.14 bits per heavy atom. The fourth-order valence-electron chi connectivity index (χ4n) is 2.47. The summed E-state index contributed by atoms with van der Waals surface area (Å²) >= 11 is 0. The summed E-state index contributed by atoms with van der Waals surface area (Å²) in [5.74, 6) is 0.783. The van der Waals surface area contributed by atoms with Crippen molar-refractivity contribution in [1.29, 1.82) is 0 Å². The Labute approximate surface area is 125 Å². The number of nitrogens with two attached hydrogens (primary N) is 1. The first-order chi connectivity index (χ1) is 10.2. The Kier molecular flexibility index (Phi) is 5.09. The Bertz CT molecular complexity index is 553. The monoisotopic (exact) mass is 290 g/mol. The maximum atomic E-state index is 12.3. The molecule has 5 nitrogen and oxygen atoms in total. The molecular formula is C16H22N2O3. The quantitative estimate of drug-likeness (QED) is 0.623. The van der Waals surface area contributed by atoms with Crippen molar-refractivity contribution in [1.82, 2.24) is 5.32 Å². The number of nitrogens with one attached hydrogen (secondary N) is 1. The lowest BCUT2D eigenvalue weighted by Gasteiger charge is -2.13. The van der Waals surface area contributed by atoms with E-state index in [9.17, 15) is 4.79 Å². The zero-order chi connectivity index (χ0) is 15.2. The third kappa shape index (κ3) is 3.68. The SMILES string of the molecule is COc1cc(OC)c(N)c(C(=O)NCCC2=CCCC2)c1. The predicted octanol–water partition coefficient (Wildman–Crippen LogP) is 2.52. The number of allylic oxidation sites excluding steroid dienone is 1. The lowest BCUT2D eigenvalue weighted by Crippen LogP contribution is -2.25. The van der Waals surface area contributed by atoms with E-state index in [2.05, 4.69) is 11.4 Å². The van der Waals surface area contributed by atoms with E-state index in [1.807, 2.05) is 0 Å². The lowest BCUT2D eigenvalue weighted by atomic mass is 10.1. The average molecular weight is 290 g/mol. The highest BCUT2D eigenvalue weighted by molar-refractivity contribution is 6.00. The van der Waals surface area contributed by atoms with Crippen LogP contribution in [0, 0.1) is 0 Å².